The van der Waals surface area contributed by atoms with Crippen molar-refractivity contribution < 1.29 is 14.0 Å². The highest BCUT2D eigenvalue weighted by atomic mass is 32.2. The highest BCUT2D eigenvalue weighted by Gasteiger charge is 2.52. The molecule has 1 saturated carbocycles. The number of fused-ring (bicyclic) bond motifs is 3. The molecule has 1 saturated heterocycles. The van der Waals surface area contributed by atoms with Gasteiger partial charge in [0.2, 0.25) is 11.8 Å². The van der Waals surface area contributed by atoms with Crippen LogP contribution in [-0.4, -0.2) is 52.2 Å². The number of carbonyl (C=O) groups excluding carboxylic acids is 2. The topological polar surface area (TPSA) is 77.0 Å². The van der Waals surface area contributed by atoms with Gasteiger partial charge in [-0.05, 0) is 49.3 Å². The summed E-state index contributed by atoms with van der Waals surface area (Å²) in [6, 6.07) is 6.43. The average molecular weight is 476 g/mol. The van der Waals surface area contributed by atoms with Gasteiger partial charge in [0, 0.05) is 30.8 Å². The van der Waals surface area contributed by atoms with Crippen molar-refractivity contribution in [3.63, 3.8) is 0 Å². The number of halogens is 1. The maximum absolute atomic E-state index is 13.4. The number of benzene rings is 1. The van der Waals surface area contributed by atoms with E-state index in [-0.39, 0.29) is 41.8 Å². The molecule has 180 valence electrons. The van der Waals surface area contributed by atoms with Crippen molar-refractivity contribution >= 4 is 28.7 Å². The lowest BCUT2D eigenvalue weighted by Gasteiger charge is -2.51. The number of amidine groups is 1. The Hall–Kier alpha value is -2.29. The molecule has 0 aromatic heterocycles. The summed E-state index contributed by atoms with van der Waals surface area (Å²) < 4.78 is 13.3. The van der Waals surface area contributed by atoms with Crippen LogP contribution in [0.4, 0.5) is 4.39 Å². The zero-order chi connectivity index (χ0) is 23.5. The van der Waals surface area contributed by atoms with E-state index in [9.17, 15) is 14.0 Å². The van der Waals surface area contributed by atoms with Crippen molar-refractivity contribution in [3.8, 4) is 0 Å². The number of rotatable bonds is 7. The van der Waals surface area contributed by atoms with Gasteiger partial charge in [-0.1, -0.05) is 44.7 Å². The Morgan fingerprint density at radius 2 is 2.06 bits per heavy atom. The average Bonchev–Trinajstić information content (AvgIpc) is 3.23. The van der Waals surface area contributed by atoms with Gasteiger partial charge in [-0.2, -0.15) is 5.10 Å². The molecule has 2 N–H and O–H groups in total. The Balaban J connectivity index is 1.51. The molecule has 2 amide bonds. The van der Waals surface area contributed by atoms with Gasteiger partial charge in [0.25, 0.3) is 0 Å². The first-order chi connectivity index (χ1) is 15.9. The Kier molecular flexibility index (Phi) is 7.46. The zero-order valence-electron chi connectivity index (χ0n) is 19.6. The predicted molar refractivity (Wildman–Crippen MR) is 128 cm³/mol. The van der Waals surface area contributed by atoms with Crippen molar-refractivity contribution in [2.45, 2.75) is 64.5 Å². The van der Waals surface area contributed by atoms with Crippen molar-refractivity contribution in [2.75, 3.05) is 13.1 Å². The van der Waals surface area contributed by atoms with E-state index < -0.39 is 0 Å². The molecule has 2 aliphatic heterocycles. The zero-order valence-corrected chi connectivity index (χ0v) is 20.4. The number of amides is 2. The van der Waals surface area contributed by atoms with Crippen LogP contribution in [0.2, 0.25) is 0 Å². The van der Waals surface area contributed by atoms with Crippen LogP contribution >= 0.6 is 11.8 Å². The highest BCUT2D eigenvalue weighted by Crippen LogP contribution is 2.41. The number of hydrogen-bond acceptors (Lipinski definition) is 6. The largest absolute Gasteiger partial charge is 0.356 e. The Labute approximate surface area is 199 Å². The smallest absolute Gasteiger partial charge is 0.230 e. The van der Waals surface area contributed by atoms with E-state index in [4.69, 9.17) is 0 Å². The van der Waals surface area contributed by atoms with Crippen LogP contribution < -0.4 is 10.7 Å². The summed E-state index contributed by atoms with van der Waals surface area (Å²) in [5, 5.41) is 8.49. The lowest BCUT2D eigenvalue weighted by molar-refractivity contribution is -0.157. The second-order valence-corrected chi connectivity index (χ2v) is 10.5. The third kappa shape index (κ3) is 5.13. The number of thioether (sulfide) groups is 1. The fourth-order valence-corrected chi connectivity index (χ4v) is 5.94. The quantitative estimate of drug-likeness (QED) is 0.633. The minimum Gasteiger partial charge on any atom is -0.356 e. The van der Waals surface area contributed by atoms with Crippen molar-refractivity contribution in [1.82, 2.24) is 20.5 Å². The van der Waals surface area contributed by atoms with Crippen molar-refractivity contribution in [3.05, 3.63) is 35.6 Å². The van der Waals surface area contributed by atoms with E-state index in [1.165, 1.54) is 12.1 Å². The first-order valence-electron chi connectivity index (χ1n) is 12.0. The third-order valence-electron chi connectivity index (χ3n) is 6.63. The summed E-state index contributed by atoms with van der Waals surface area (Å²) in [7, 11) is 0. The van der Waals surface area contributed by atoms with E-state index in [1.54, 1.807) is 23.9 Å². The van der Waals surface area contributed by atoms with E-state index in [0.717, 1.165) is 23.6 Å². The van der Waals surface area contributed by atoms with Crippen LogP contribution in [0.25, 0.3) is 0 Å². The molecule has 2 fully saturated rings. The van der Waals surface area contributed by atoms with Gasteiger partial charge < -0.3 is 15.1 Å². The van der Waals surface area contributed by atoms with Crippen molar-refractivity contribution in [1.29, 1.82) is 0 Å². The van der Waals surface area contributed by atoms with Crippen LogP contribution in [-0.2, 0) is 15.3 Å². The molecule has 4 unspecified atom stereocenters. The van der Waals surface area contributed by atoms with E-state index in [1.807, 2.05) is 4.90 Å². The van der Waals surface area contributed by atoms with Crippen LogP contribution in [0.1, 0.15) is 52.0 Å². The lowest BCUT2D eigenvalue weighted by atomic mass is 9.75. The van der Waals surface area contributed by atoms with Gasteiger partial charge in [0.1, 0.15) is 5.82 Å². The van der Waals surface area contributed by atoms with Crippen molar-refractivity contribution in [2.24, 2.45) is 22.9 Å². The summed E-state index contributed by atoms with van der Waals surface area (Å²) in [5.74, 6) is 0.835. The molecular formula is C24H34FN5O2S. The van der Waals surface area contributed by atoms with Gasteiger partial charge in [-0.15, -0.1) is 0 Å². The maximum atomic E-state index is 13.4. The fourth-order valence-electron chi connectivity index (χ4n) is 4.95. The number of hydrogen-bond donors (Lipinski definition) is 2. The molecule has 1 aromatic rings. The minimum absolute atomic E-state index is 0.0615. The van der Waals surface area contributed by atoms with Crippen LogP contribution in [0.15, 0.2) is 29.4 Å². The van der Waals surface area contributed by atoms with Gasteiger partial charge in [0.15, 0.2) is 11.5 Å². The lowest BCUT2D eigenvalue weighted by Crippen LogP contribution is -2.68. The van der Waals surface area contributed by atoms with Crippen LogP contribution in [0, 0.1) is 23.6 Å². The van der Waals surface area contributed by atoms with Gasteiger partial charge >= 0.3 is 0 Å². The van der Waals surface area contributed by atoms with Gasteiger partial charge in [-0.25, -0.2) is 4.39 Å². The maximum Gasteiger partial charge on any atom is 0.230 e. The number of nitrogens with zero attached hydrogens (tertiary/aromatic N) is 3. The third-order valence-corrected chi connectivity index (χ3v) is 7.67. The first kappa shape index (κ1) is 23.9. The molecule has 1 aromatic carbocycles. The van der Waals surface area contributed by atoms with E-state index >= 15 is 0 Å². The molecule has 3 aliphatic rings. The predicted octanol–water partition coefficient (Wildman–Crippen LogP) is 3.33. The van der Waals surface area contributed by atoms with Crippen LogP contribution in [0.3, 0.4) is 0 Å². The number of hydrazone groups is 1. The summed E-state index contributed by atoms with van der Waals surface area (Å²) in [4.78, 5) is 30.3. The van der Waals surface area contributed by atoms with Gasteiger partial charge in [-0.3, -0.25) is 15.0 Å². The molecule has 1 aliphatic carbocycles. The molecule has 33 heavy (non-hydrogen) atoms. The minimum atomic E-state index is -0.313. The molecule has 4 rings (SSSR count). The van der Waals surface area contributed by atoms with Crippen LogP contribution in [0.5, 0.6) is 0 Å². The molecule has 0 bridgehead atoms. The SMILES string of the molecule is CCCN1C(=O)C2CCC(C(=O)NCC(C)C)CC2N2C(SCc3ccc(F)cc3)=NNC12. The van der Waals surface area contributed by atoms with Gasteiger partial charge in [0.05, 0.1) is 5.92 Å². The second kappa shape index (κ2) is 10.3. The first-order valence-corrected chi connectivity index (χ1v) is 12.9. The molecule has 4 atom stereocenters. The second-order valence-electron chi connectivity index (χ2n) is 9.57. The Morgan fingerprint density at radius 3 is 2.76 bits per heavy atom. The normalized spacial score (nSPS) is 26.6. The molecule has 0 spiro atoms. The standard InChI is InChI=1S/C24H34FN5O2S/c1-4-11-29-22(32)19-10-7-17(21(31)26-13-15(2)3)12-20(19)30-23(29)27-28-24(30)33-14-16-5-8-18(25)9-6-16/h5-6,8-9,15,17,19-20,23,27H,4,7,10-14H2,1-3H3,(H,26,31). The molecule has 0 radical (unpaired) electrons. The summed E-state index contributed by atoms with van der Waals surface area (Å²) in [6.45, 7) is 7.57. The Bertz CT molecular complexity index is 893. The molecule has 7 nitrogen and oxygen atoms in total. The fraction of sp³-hybridized carbons (Fsp3) is 0.625. The van der Waals surface area contributed by atoms with E-state index in [0.29, 0.717) is 37.6 Å². The summed E-state index contributed by atoms with van der Waals surface area (Å²) >= 11 is 1.58. The molecule has 2 heterocycles. The monoisotopic (exact) mass is 475 g/mol. The number of nitrogens with one attached hydrogen (secondary N) is 2. The highest BCUT2D eigenvalue weighted by molar-refractivity contribution is 8.13. The summed E-state index contributed by atoms with van der Waals surface area (Å²) in [6.07, 6.45) is 2.65. The summed E-state index contributed by atoms with van der Waals surface area (Å²) in [5.41, 5.74) is 4.19. The molecular weight excluding hydrogens is 441 g/mol. The number of carbonyl (C=O) groups is 2. The Morgan fingerprint density at radius 1 is 1.30 bits per heavy atom. The van der Waals surface area contributed by atoms with E-state index in [2.05, 4.69) is 41.5 Å². The molecule has 9 heteroatoms.